The van der Waals surface area contributed by atoms with Crippen LogP contribution in [-0.2, 0) is 37.3 Å². The third kappa shape index (κ3) is 201. The predicted octanol–water partition coefficient (Wildman–Crippen LogP) is 1.23. The Hall–Kier alpha value is 1.16. The second-order valence-electron chi connectivity index (χ2n) is 0.0745. The summed E-state index contributed by atoms with van der Waals surface area (Å²) in [5.74, 6) is 0. The SMILES string of the molecule is O=P[O-].[CH2-]C.[CH2-]C.[Y+3]. The topological polar surface area (TPSA) is 40.1 Å². The predicted molar refractivity (Wildman–Crippen MR) is 29.7 cm³/mol. The van der Waals surface area contributed by atoms with Gasteiger partial charge in [0.05, 0.1) is 8.69 Å². The van der Waals surface area contributed by atoms with Gasteiger partial charge in [-0.15, -0.1) is 0 Å². The van der Waals surface area contributed by atoms with E-state index in [9.17, 15) is 0 Å². The van der Waals surface area contributed by atoms with Crippen LogP contribution in [0.4, 0.5) is 0 Å². The maximum Gasteiger partial charge on any atom is 3.00 e. The van der Waals surface area contributed by atoms with Gasteiger partial charge >= 0.3 is 32.7 Å². The zero-order chi connectivity index (χ0) is 6.71. The molecule has 0 heterocycles. The van der Waals surface area contributed by atoms with E-state index in [2.05, 4.69) is 13.8 Å². The Bertz CT molecular complexity index is 21.5. The zero-order valence-electron chi connectivity index (χ0n) is 5.26. The molecule has 0 saturated carbocycles. The van der Waals surface area contributed by atoms with Crippen molar-refractivity contribution in [1.82, 2.24) is 0 Å². The van der Waals surface area contributed by atoms with E-state index in [1.54, 1.807) is 13.8 Å². The van der Waals surface area contributed by atoms with Crippen molar-refractivity contribution in [2.24, 2.45) is 0 Å². The van der Waals surface area contributed by atoms with Gasteiger partial charge in [0.15, 0.2) is 0 Å². The summed E-state index contributed by atoms with van der Waals surface area (Å²) in [6.07, 6.45) is 0. The van der Waals surface area contributed by atoms with Crippen molar-refractivity contribution in [3.8, 4) is 0 Å². The standard InChI is InChI=1S/2C2H5.HO2P.Y/c2*1-2;1-3-2;/h2*1H2,2H3;(H,1,2);/q2*-1;;+3/p-1. The molecule has 0 aromatic carbocycles. The van der Waals surface area contributed by atoms with Crippen molar-refractivity contribution in [2.75, 3.05) is 0 Å². The molecule has 0 radical (unpaired) electrons. The molecule has 0 amide bonds. The number of hydrogen-bond acceptors (Lipinski definition) is 2. The van der Waals surface area contributed by atoms with Gasteiger partial charge in [-0.3, -0.25) is 4.57 Å². The van der Waals surface area contributed by atoms with Gasteiger partial charge in [-0.25, -0.2) is 0 Å². The molecular weight excluding hydrogens is 200 g/mol. The van der Waals surface area contributed by atoms with Crippen LogP contribution < -0.4 is 4.89 Å². The van der Waals surface area contributed by atoms with E-state index in [1.807, 2.05) is 0 Å². The van der Waals surface area contributed by atoms with Gasteiger partial charge in [0.25, 0.3) is 0 Å². The van der Waals surface area contributed by atoms with Crippen molar-refractivity contribution >= 4 is 8.69 Å². The van der Waals surface area contributed by atoms with Gasteiger partial charge in [0, 0.05) is 0 Å². The van der Waals surface area contributed by atoms with Crippen LogP contribution in [0.15, 0.2) is 0 Å². The van der Waals surface area contributed by atoms with E-state index in [1.165, 1.54) is 0 Å². The van der Waals surface area contributed by atoms with E-state index in [0.29, 0.717) is 0 Å². The molecule has 2 nitrogen and oxygen atoms in total. The average molecular weight is 210 g/mol. The Morgan fingerprint density at radius 3 is 1.25 bits per heavy atom. The molecule has 0 N–H and O–H groups in total. The van der Waals surface area contributed by atoms with Crippen LogP contribution in [0.3, 0.4) is 0 Å². The van der Waals surface area contributed by atoms with E-state index in [-0.39, 0.29) is 32.7 Å². The molecule has 0 fully saturated rings. The normalized spacial score (nSPS) is 4.12. The third-order valence-corrected chi connectivity index (χ3v) is 0. The first-order valence-electron chi connectivity index (χ1n) is 1.78. The Morgan fingerprint density at radius 1 is 1.25 bits per heavy atom. The van der Waals surface area contributed by atoms with Gasteiger partial charge in [-0.1, -0.05) is 0 Å². The van der Waals surface area contributed by atoms with Crippen LogP contribution in [0.5, 0.6) is 0 Å². The molecule has 0 aliphatic carbocycles. The van der Waals surface area contributed by atoms with Crippen molar-refractivity contribution in [3.63, 3.8) is 0 Å². The summed E-state index contributed by atoms with van der Waals surface area (Å²) in [7, 11) is -1.08. The molecule has 0 unspecified atom stereocenters. The Labute approximate surface area is 78.2 Å². The minimum Gasteiger partial charge on any atom is -0.772 e. The molecule has 0 aromatic heterocycles. The van der Waals surface area contributed by atoms with Crippen LogP contribution in [0.1, 0.15) is 13.8 Å². The molecule has 0 atom stereocenters. The van der Waals surface area contributed by atoms with E-state index in [0.717, 1.165) is 0 Å². The molecule has 4 heteroatoms. The Kier molecular flexibility index (Phi) is 256. The van der Waals surface area contributed by atoms with Crippen LogP contribution >= 0.6 is 8.69 Å². The maximum absolute atomic E-state index is 8.35. The molecule has 8 heavy (non-hydrogen) atoms. The number of hydrogen-bond donors (Lipinski definition) is 0. The average Bonchev–Trinajstić information content (AvgIpc) is 1.78. The largest absolute Gasteiger partial charge is 3.00 e. The Balaban J connectivity index is -0.0000000147. The van der Waals surface area contributed by atoms with Gasteiger partial charge in [-0.05, 0) is 0 Å². The minimum atomic E-state index is -1.08. The van der Waals surface area contributed by atoms with Crippen LogP contribution in [-0.4, -0.2) is 0 Å². The van der Waals surface area contributed by atoms with Gasteiger partial charge in [-0.2, -0.15) is 13.8 Å². The van der Waals surface area contributed by atoms with Gasteiger partial charge in [0.2, 0.25) is 0 Å². The molecule has 0 rings (SSSR count). The summed E-state index contributed by atoms with van der Waals surface area (Å²) in [4.78, 5) is 8.35. The van der Waals surface area contributed by atoms with Crippen molar-refractivity contribution in [3.05, 3.63) is 13.8 Å². The summed E-state index contributed by atoms with van der Waals surface area (Å²) in [5, 5.41) is 0. The van der Waals surface area contributed by atoms with Crippen molar-refractivity contribution in [2.45, 2.75) is 13.8 Å². The maximum atomic E-state index is 8.35. The van der Waals surface area contributed by atoms with Crippen LogP contribution in [0.25, 0.3) is 0 Å². The molecule has 0 bridgehead atoms. The molecule has 0 aromatic rings. The van der Waals surface area contributed by atoms with Crippen molar-refractivity contribution in [1.29, 1.82) is 0 Å². The Morgan fingerprint density at radius 2 is 1.25 bits per heavy atom. The van der Waals surface area contributed by atoms with Crippen molar-refractivity contribution < 1.29 is 42.2 Å². The molecule has 0 spiro atoms. The van der Waals surface area contributed by atoms with E-state index < -0.39 is 8.69 Å². The summed E-state index contributed by atoms with van der Waals surface area (Å²) in [6, 6.07) is 0. The fourth-order valence-electron chi connectivity index (χ4n) is 0. The summed E-state index contributed by atoms with van der Waals surface area (Å²) in [6.45, 7) is 10.0. The van der Waals surface area contributed by atoms with E-state index in [4.69, 9.17) is 9.46 Å². The summed E-state index contributed by atoms with van der Waals surface area (Å²) < 4.78 is 8.35. The second-order valence-corrected chi connectivity index (χ2v) is 0.224. The second kappa shape index (κ2) is 89.5. The number of rotatable bonds is 0. The first kappa shape index (κ1) is 22.9. The van der Waals surface area contributed by atoms with E-state index >= 15 is 0 Å². The fraction of sp³-hybridized carbons (Fsp3) is 0.500. The first-order chi connectivity index (χ1) is 3.41. The quantitative estimate of drug-likeness (QED) is 0.445. The molecule has 46 valence electrons. The van der Waals surface area contributed by atoms with Crippen LogP contribution in [0.2, 0.25) is 0 Å². The zero-order valence-corrected chi connectivity index (χ0v) is 8.99. The minimum absolute atomic E-state index is 0. The first-order valence-corrected chi connectivity index (χ1v) is 2.51. The third-order valence-electron chi connectivity index (χ3n) is 0. The smallest absolute Gasteiger partial charge is 0.772 e. The monoisotopic (exact) mass is 210 g/mol. The molecular formula is C4H10O2PY. The van der Waals surface area contributed by atoms with Gasteiger partial charge in [0.1, 0.15) is 0 Å². The summed E-state index contributed by atoms with van der Waals surface area (Å²) in [5.41, 5.74) is 0. The summed E-state index contributed by atoms with van der Waals surface area (Å²) >= 11 is 0. The molecule has 0 aliphatic rings. The van der Waals surface area contributed by atoms with Crippen LogP contribution in [0, 0.1) is 13.8 Å². The fourth-order valence-corrected chi connectivity index (χ4v) is 0. The molecule has 0 saturated heterocycles. The van der Waals surface area contributed by atoms with Gasteiger partial charge < -0.3 is 18.7 Å². The molecule has 0 aliphatic heterocycles.